The van der Waals surface area contributed by atoms with Gasteiger partial charge in [-0.15, -0.1) is 11.8 Å². The minimum Gasteiger partial charge on any atom is -0.464 e. The first-order valence-corrected chi connectivity index (χ1v) is 11.9. The normalized spacial score (nSPS) is 10.1. The number of hydrogen-bond acceptors (Lipinski definition) is 7. The van der Waals surface area contributed by atoms with E-state index in [1.165, 1.54) is 42.7 Å². The van der Waals surface area contributed by atoms with E-state index < -0.39 is 34.6 Å². The van der Waals surface area contributed by atoms with Crippen LogP contribution in [-0.4, -0.2) is 38.9 Å². The number of carbonyl (C=O) groups excluding carboxylic acids is 1. The van der Waals surface area contributed by atoms with Crippen LogP contribution < -0.4 is 9.47 Å². The number of nitrogens with zero attached hydrogens (tertiary/aromatic N) is 4. The largest absolute Gasteiger partial charge is 0.464 e. The molecule has 0 amide bonds. The standard InChI is InChI=1S/C15H11F3N2O.C15H11FN2O2/c1-2-3-8-21-14-9-13(19-10-20-14)15(17,18)11-6-4-5-7-12(11)16;1-2-3-8-20-14-9-13(17-10-18-14)15(19)11-6-4-5-7-12(11)16/h4-7,9-10H,8H2,1H3;4-7,9-10H,8H2,1H3. The van der Waals surface area contributed by atoms with Gasteiger partial charge in [-0.3, -0.25) is 4.79 Å². The van der Waals surface area contributed by atoms with Crippen molar-refractivity contribution in [3.05, 3.63) is 107 Å². The number of halogens is 4. The molecule has 0 bridgehead atoms. The lowest BCUT2D eigenvalue weighted by atomic mass is 10.0. The molecular formula is C30H22F4N4O3. The zero-order valence-electron chi connectivity index (χ0n) is 21.9. The lowest BCUT2D eigenvalue weighted by Gasteiger charge is -2.17. The number of ketones is 1. The van der Waals surface area contributed by atoms with Crippen molar-refractivity contribution in [2.75, 3.05) is 13.2 Å². The van der Waals surface area contributed by atoms with Crippen LogP contribution in [0.2, 0.25) is 0 Å². The number of alkyl halides is 2. The van der Waals surface area contributed by atoms with E-state index in [9.17, 15) is 22.4 Å². The van der Waals surface area contributed by atoms with Gasteiger partial charge in [0.1, 0.15) is 35.7 Å². The molecule has 0 aliphatic heterocycles. The van der Waals surface area contributed by atoms with E-state index in [2.05, 4.69) is 43.6 Å². The highest BCUT2D eigenvalue weighted by atomic mass is 19.3. The van der Waals surface area contributed by atoms with Gasteiger partial charge < -0.3 is 9.47 Å². The van der Waals surface area contributed by atoms with Crippen LogP contribution in [0.1, 0.15) is 41.2 Å². The number of rotatable bonds is 8. The van der Waals surface area contributed by atoms with E-state index in [4.69, 9.17) is 9.47 Å². The van der Waals surface area contributed by atoms with Gasteiger partial charge in [0.2, 0.25) is 17.5 Å². The minimum atomic E-state index is -3.58. The Morgan fingerprint density at radius 1 is 0.780 bits per heavy atom. The van der Waals surface area contributed by atoms with Gasteiger partial charge in [0.05, 0.1) is 11.1 Å². The Kier molecular flexibility index (Phi) is 10.9. The second-order valence-corrected chi connectivity index (χ2v) is 7.78. The van der Waals surface area contributed by atoms with Crippen molar-refractivity contribution >= 4 is 5.78 Å². The van der Waals surface area contributed by atoms with Crippen LogP contribution in [0, 0.1) is 35.3 Å². The Balaban J connectivity index is 0.000000226. The number of hydrogen-bond donors (Lipinski definition) is 0. The maximum atomic E-state index is 14.3. The summed E-state index contributed by atoms with van der Waals surface area (Å²) in [7, 11) is 0. The third kappa shape index (κ3) is 8.35. The Morgan fingerprint density at radius 3 is 1.95 bits per heavy atom. The summed E-state index contributed by atoms with van der Waals surface area (Å²) in [6.07, 6.45) is 2.14. The van der Waals surface area contributed by atoms with Crippen molar-refractivity contribution in [2.45, 2.75) is 19.8 Å². The topological polar surface area (TPSA) is 87.1 Å². The molecule has 0 fully saturated rings. The maximum absolute atomic E-state index is 14.3. The molecule has 0 unspecified atom stereocenters. The summed E-state index contributed by atoms with van der Waals surface area (Å²) in [5, 5.41) is 0. The summed E-state index contributed by atoms with van der Waals surface area (Å²) in [5.41, 5.74) is -1.35. The fourth-order valence-corrected chi connectivity index (χ4v) is 3.13. The zero-order chi connectivity index (χ0) is 29.7. The maximum Gasteiger partial charge on any atom is 0.317 e. The summed E-state index contributed by atoms with van der Waals surface area (Å²) in [4.78, 5) is 27.1. The lowest BCUT2D eigenvalue weighted by Crippen LogP contribution is -2.19. The molecule has 11 heteroatoms. The fraction of sp³-hybridized carbons (Fsp3) is 0.167. The summed E-state index contributed by atoms with van der Waals surface area (Å²) >= 11 is 0. The van der Waals surface area contributed by atoms with Crippen molar-refractivity contribution in [3.8, 4) is 35.4 Å². The molecule has 0 spiro atoms. The van der Waals surface area contributed by atoms with Crippen molar-refractivity contribution in [2.24, 2.45) is 0 Å². The molecule has 0 radical (unpaired) electrons. The van der Waals surface area contributed by atoms with Crippen molar-refractivity contribution < 1.29 is 31.8 Å². The molecule has 2 heterocycles. The van der Waals surface area contributed by atoms with Crippen LogP contribution in [0.3, 0.4) is 0 Å². The zero-order valence-corrected chi connectivity index (χ0v) is 21.9. The average molecular weight is 563 g/mol. The van der Waals surface area contributed by atoms with Gasteiger partial charge in [-0.1, -0.05) is 36.1 Å². The van der Waals surface area contributed by atoms with Crippen LogP contribution in [-0.2, 0) is 5.92 Å². The minimum absolute atomic E-state index is 0.0260. The van der Waals surface area contributed by atoms with Crippen molar-refractivity contribution in [1.29, 1.82) is 0 Å². The molecule has 4 aromatic rings. The summed E-state index contributed by atoms with van der Waals surface area (Å²) in [6.45, 7) is 3.51. The van der Waals surface area contributed by atoms with E-state index in [0.29, 0.717) is 0 Å². The molecule has 4 rings (SSSR count). The molecule has 2 aromatic heterocycles. The first kappa shape index (κ1) is 30.3. The Labute approximate surface area is 233 Å². The predicted molar refractivity (Wildman–Crippen MR) is 141 cm³/mol. The van der Waals surface area contributed by atoms with Gasteiger partial charge in [0.15, 0.2) is 13.2 Å². The van der Waals surface area contributed by atoms with Crippen molar-refractivity contribution in [3.63, 3.8) is 0 Å². The van der Waals surface area contributed by atoms with Crippen LogP contribution in [0.25, 0.3) is 0 Å². The Hall–Kier alpha value is -5.29. The molecule has 0 saturated heterocycles. The Bertz CT molecular complexity index is 1630. The number of ether oxygens (including phenoxy) is 2. The monoisotopic (exact) mass is 562 g/mol. The van der Waals surface area contributed by atoms with Gasteiger partial charge in [-0.25, -0.2) is 28.7 Å². The average Bonchev–Trinajstić information content (AvgIpc) is 2.98. The summed E-state index contributed by atoms with van der Waals surface area (Å²) < 4.78 is 66.0. The summed E-state index contributed by atoms with van der Waals surface area (Å²) in [6, 6.07) is 12.7. The fourth-order valence-electron chi connectivity index (χ4n) is 3.13. The van der Waals surface area contributed by atoms with Crippen LogP contribution >= 0.6 is 0 Å². The van der Waals surface area contributed by atoms with Crippen LogP contribution in [0.4, 0.5) is 17.6 Å². The third-order valence-corrected chi connectivity index (χ3v) is 5.11. The van der Waals surface area contributed by atoms with Gasteiger partial charge in [0, 0.05) is 12.1 Å². The molecule has 2 aromatic carbocycles. The predicted octanol–water partition coefficient (Wildman–Crippen LogP) is 5.41. The van der Waals surface area contributed by atoms with E-state index in [1.807, 2.05) is 0 Å². The second kappa shape index (κ2) is 14.8. The third-order valence-electron chi connectivity index (χ3n) is 5.11. The highest BCUT2D eigenvalue weighted by Gasteiger charge is 2.38. The highest BCUT2D eigenvalue weighted by Crippen LogP contribution is 2.36. The second-order valence-electron chi connectivity index (χ2n) is 7.78. The molecule has 0 atom stereocenters. The van der Waals surface area contributed by atoms with Gasteiger partial charge in [-0.05, 0) is 38.1 Å². The van der Waals surface area contributed by atoms with E-state index >= 15 is 0 Å². The van der Waals surface area contributed by atoms with Gasteiger partial charge in [0.25, 0.3) is 0 Å². The molecule has 208 valence electrons. The van der Waals surface area contributed by atoms with E-state index in [1.54, 1.807) is 19.9 Å². The smallest absolute Gasteiger partial charge is 0.317 e. The van der Waals surface area contributed by atoms with Crippen molar-refractivity contribution in [1.82, 2.24) is 19.9 Å². The molecule has 7 nitrogen and oxygen atoms in total. The number of benzene rings is 2. The number of aromatic nitrogens is 4. The lowest BCUT2D eigenvalue weighted by molar-refractivity contribution is 0.0336. The first-order valence-electron chi connectivity index (χ1n) is 11.9. The molecule has 0 saturated carbocycles. The first-order chi connectivity index (χ1) is 19.8. The molecule has 0 aliphatic carbocycles. The quantitative estimate of drug-likeness (QED) is 0.161. The molecule has 41 heavy (non-hydrogen) atoms. The van der Waals surface area contributed by atoms with E-state index in [-0.39, 0.29) is 36.2 Å². The molecular weight excluding hydrogens is 540 g/mol. The van der Waals surface area contributed by atoms with Gasteiger partial charge >= 0.3 is 5.92 Å². The highest BCUT2D eigenvalue weighted by molar-refractivity contribution is 6.07. The summed E-state index contributed by atoms with van der Waals surface area (Å²) in [5.74, 6) is 5.10. The SMILES string of the molecule is CC#CCOc1cc(C(=O)c2ccccc2F)ncn1.CC#CCOc1cc(C(F)(F)c2ccccc2F)ncn1. The Morgan fingerprint density at radius 2 is 1.34 bits per heavy atom. The van der Waals surface area contributed by atoms with Gasteiger partial charge in [-0.2, -0.15) is 8.78 Å². The molecule has 0 N–H and O–H groups in total. The van der Waals surface area contributed by atoms with Crippen LogP contribution in [0.5, 0.6) is 11.8 Å². The molecule has 0 aliphatic rings. The number of carbonyl (C=O) groups is 1. The van der Waals surface area contributed by atoms with Crippen LogP contribution in [0.15, 0.2) is 73.3 Å². The van der Waals surface area contributed by atoms with E-state index in [0.717, 1.165) is 24.5 Å².